The smallest absolute Gasteiger partial charge is 0.309 e. The number of halogens is 2. The molecule has 0 spiro atoms. The van der Waals surface area contributed by atoms with Gasteiger partial charge in [0.2, 0.25) is 0 Å². The Kier molecular flexibility index (Phi) is 4.81. The summed E-state index contributed by atoms with van der Waals surface area (Å²) in [5.74, 6) is -1.26. The molecule has 1 aromatic heterocycles. The number of nitrogens with zero attached hydrogens (tertiary/aromatic N) is 1. The fourth-order valence-electron chi connectivity index (χ4n) is 5.10. The fourth-order valence-corrected chi connectivity index (χ4v) is 5.10. The van der Waals surface area contributed by atoms with Gasteiger partial charge in [-0.15, -0.1) is 0 Å². The lowest BCUT2D eigenvalue weighted by molar-refractivity contribution is -0.147. The molecule has 0 amide bonds. The maximum absolute atomic E-state index is 15.0. The van der Waals surface area contributed by atoms with Gasteiger partial charge in [-0.05, 0) is 72.0 Å². The molecular weight excluding hydrogens is 436 g/mol. The third-order valence-electron chi connectivity index (χ3n) is 7.21. The number of likely N-dealkylation sites (tertiary alicyclic amines) is 1. The van der Waals surface area contributed by atoms with Crippen LogP contribution in [-0.4, -0.2) is 29.1 Å². The number of fused-ring (bicyclic) bond motifs is 1. The molecule has 1 aliphatic heterocycles. The lowest BCUT2D eigenvalue weighted by Crippen LogP contribution is -2.49. The number of benzene rings is 3. The topological polar surface area (TPSA) is 53.7 Å². The summed E-state index contributed by atoms with van der Waals surface area (Å²) in [7, 11) is 0. The molecule has 172 valence electrons. The van der Waals surface area contributed by atoms with Crippen LogP contribution in [-0.2, 0) is 16.8 Å². The summed E-state index contributed by atoms with van der Waals surface area (Å²) in [5, 5.41) is 9.89. The SMILES string of the molecule is O=C(O)C1CN(Cc2ccc(-c3cc4cc(C5(c6cccc(F)c6)CC5)ccc4o3)c(F)c2)C1. The van der Waals surface area contributed by atoms with Crippen molar-refractivity contribution in [3.05, 3.63) is 95.1 Å². The first-order valence-electron chi connectivity index (χ1n) is 11.5. The van der Waals surface area contributed by atoms with E-state index in [1.807, 2.05) is 35.2 Å². The molecule has 6 heteroatoms. The Morgan fingerprint density at radius 3 is 2.50 bits per heavy atom. The molecule has 1 N–H and O–H groups in total. The minimum Gasteiger partial charge on any atom is -0.481 e. The predicted molar refractivity (Wildman–Crippen MR) is 124 cm³/mol. The molecule has 2 aliphatic rings. The second-order valence-electron chi connectivity index (χ2n) is 9.50. The van der Waals surface area contributed by atoms with Crippen molar-refractivity contribution in [2.24, 2.45) is 5.92 Å². The molecule has 0 radical (unpaired) electrons. The van der Waals surface area contributed by atoms with Crippen molar-refractivity contribution in [1.29, 1.82) is 0 Å². The van der Waals surface area contributed by atoms with Crippen LogP contribution in [0.25, 0.3) is 22.3 Å². The summed E-state index contributed by atoms with van der Waals surface area (Å²) in [6.07, 6.45) is 1.93. The van der Waals surface area contributed by atoms with Gasteiger partial charge in [-0.25, -0.2) is 8.78 Å². The van der Waals surface area contributed by atoms with Crippen molar-refractivity contribution in [3.63, 3.8) is 0 Å². The monoisotopic (exact) mass is 459 g/mol. The van der Waals surface area contributed by atoms with Crippen LogP contribution in [0.4, 0.5) is 8.78 Å². The van der Waals surface area contributed by atoms with E-state index < -0.39 is 5.97 Å². The quantitative estimate of drug-likeness (QED) is 0.386. The van der Waals surface area contributed by atoms with Crippen molar-refractivity contribution >= 4 is 16.9 Å². The van der Waals surface area contributed by atoms with Crippen LogP contribution in [0, 0.1) is 17.6 Å². The lowest BCUT2D eigenvalue weighted by atomic mass is 9.87. The Labute approximate surface area is 195 Å². The predicted octanol–water partition coefficient (Wildman–Crippen LogP) is 5.97. The maximum atomic E-state index is 15.0. The van der Waals surface area contributed by atoms with E-state index in [0.717, 1.165) is 34.9 Å². The summed E-state index contributed by atoms with van der Waals surface area (Å²) < 4.78 is 34.8. The van der Waals surface area contributed by atoms with Crippen LogP contribution < -0.4 is 0 Å². The molecule has 2 fully saturated rings. The van der Waals surface area contributed by atoms with Gasteiger partial charge in [0.1, 0.15) is 23.0 Å². The number of hydrogen-bond donors (Lipinski definition) is 1. The molecule has 3 aromatic carbocycles. The summed E-state index contributed by atoms with van der Waals surface area (Å²) in [5.41, 5.74) is 3.79. The first-order valence-corrected chi connectivity index (χ1v) is 11.5. The van der Waals surface area contributed by atoms with E-state index in [9.17, 15) is 13.6 Å². The number of aliphatic carboxylic acids is 1. The number of carboxylic acids is 1. The normalized spacial score (nSPS) is 17.6. The zero-order valence-electron chi connectivity index (χ0n) is 18.4. The fraction of sp³-hybridized carbons (Fsp3) is 0.250. The zero-order valence-corrected chi connectivity index (χ0v) is 18.4. The molecule has 1 saturated carbocycles. The van der Waals surface area contributed by atoms with E-state index in [-0.39, 0.29) is 23.0 Å². The van der Waals surface area contributed by atoms with E-state index >= 15 is 0 Å². The molecule has 0 bridgehead atoms. The van der Waals surface area contributed by atoms with Gasteiger partial charge < -0.3 is 9.52 Å². The Balaban J connectivity index is 1.25. The highest BCUT2D eigenvalue weighted by Gasteiger charge is 2.46. The Morgan fingerprint density at radius 1 is 1.00 bits per heavy atom. The zero-order chi connectivity index (χ0) is 23.4. The highest BCUT2D eigenvalue weighted by molar-refractivity contribution is 5.84. The molecule has 6 rings (SSSR count). The lowest BCUT2D eigenvalue weighted by Gasteiger charge is -2.36. The molecule has 1 aliphatic carbocycles. The molecule has 1 saturated heterocycles. The van der Waals surface area contributed by atoms with Gasteiger partial charge >= 0.3 is 5.97 Å². The van der Waals surface area contributed by atoms with Crippen molar-refractivity contribution in [3.8, 4) is 11.3 Å². The van der Waals surface area contributed by atoms with Crippen LogP contribution in [0.1, 0.15) is 29.5 Å². The van der Waals surface area contributed by atoms with Crippen molar-refractivity contribution in [2.45, 2.75) is 24.8 Å². The summed E-state index contributed by atoms with van der Waals surface area (Å²) in [6.45, 7) is 1.50. The second-order valence-corrected chi connectivity index (χ2v) is 9.50. The average Bonchev–Trinajstić information content (AvgIpc) is 3.49. The highest BCUT2D eigenvalue weighted by Crippen LogP contribution is 2.54. The minimum absolute atomic E-state index is 0.170. The van der Waals surface area contributed by atoms with E-state index in [4.69, 9.17) is 9.52 Å². The number of furan rings is 1. The Hall–Kier alpha value is -3.51. The highest BCUT2D eigenvalue weighted by atomic mass is 19.1. The van der Waals surface area contributed by atoms with Gasteiger partial charge in [-0.1, -0.05) is 24.3 Å². The van der Waals surface area contributed by atoms with E-state index in [1.54, 1.807) is 18.2 Å². The van der Waals surface area contributed by atoms with E-state index in [2.05, 4.69) is 6.07 Å². The van der Waals surface area contributed by atoms with Crippen molar-refractivity contribution < 1.29 is 23.1 Å². The molecule has 4 nitrogen and oxygen atoms in total. The number of carbonyl (C=O) groups is 1. The largest absolute Gasteiger partial charge is 0.481 e. The number of hydrogen-bond acceptors (Lipinski definition) is 3. The van der Waals surface area contributed by atoms with Crippen molar-refractivity contribution in [2.75, 3.05) is 13.1 Å². The van der Waals surface area contributed by atoms with Crippen molar-refractivity contribution in [1.82, 2.24) is 4.90 Å². The van der Waals surface area contributed by atoms with E-state index in [0.29, 0.717) is 36.5 Å². The minimum atomic E-state index is -0.783. The van der Waals surface area contributed by atoms with Crippen LogP contribution >= 0.6 is 0 Å². The summed E-state index contributed by atoms with van der Waals surface area (Å²) in [6, 6.07) is 19.7. The standard InChI is InChI=1S/C28H23F2NO3/c29-22-3-1-2-20(13-22)28(8-9-28)21-5-7-25-18(11-21)12-26(34-25)23-6-4-17(10-24(23)30)14-31-15-19(16-31)27(32)33/h1-7,10-13,19H,8-9,14-16H2,(H,32,33). The molecule has 4 aromatic rings. The third kappa shape index (κ3) is 3.59. The number of rotatable bonds is 6. The maximum Gasteiger partial charge on any atom is 0.309 e. The molecular formula is C28H23F2NO3. The van der Waals surface area contributed by atoms with Gasteiger partial charge in [-0.2, -0.15) is 0 Å². The van der Waals surface area contributed by atoms with Crippen LogP contribution in [0.15, 0.2) is 71.1 Å². The Morgan fingerprint density at radius 2 is 1.79 bits per heavy atom. The molecule has 0 atom stereocenters. The summed E-state index contributed by atoms with van der Waals surface area (Å²) in [4.78, 5) is 13.0. The van der Waals surface area contributed by atoms with Gasteiger partial charge in [0.25, 0.3) is 0 Å². The van der Waals surface area contributed by atoms with Crippen LogP contribution in [0.3, 0.4) is 0 Å². The first kappa shape index (κ1) is 21.1. The molecule has 2 heterocycles. The van der Waals surface area contributed by atoms with E-state index in [1.165, 1.54) is 12.1 Å². The van der Waals surface area contributed by atoms with Gasteiger partial charge in [0.15, 0.2) is 0 Å². The Bertz CT molecular complexity index is 1420. The van der Waals surface area contributed by atoms with Gasteiger partial charge in [0.05, 0.1) is 11.5 Å². The molecule has 0 unspecified atom stereocenters. The summed E-state index contributed by atoms with van der Waals surface area (Å²) >= 11 is 0. The van der Waals surface area contributed by atoms with Gasteiger partial charge in [-0.3, -0.25) is 9.69 Å². The number of carboxylic acid groups (broad SMARTS) is 1. The average molecular weight is 459 g/mol. The van der Waals surface area contributed by atoms with Gasteiger partial charge in [0, 0.05) is 30.4 Å². The van der Waals surface area contributed by atoms with Crippen LogP contribution in [0.5, 0.6) is 0 Å². The first-order chi connectivity index (χ1) is 16.4. The third-order valence-corrected chi connectivity index (χ3v) is 7.21. The molecule has 34 heavy (non-hydrogen) atoms. The second kappa shape index (κ2) is 7.77. The van der Waals surface area contributed by atoms with Crippen LogP contribution in [0.2, 0.25) is 0 Å².